The fraction of sp³-hybridized carbons (Fsp3) is 0.200. The molecule has 0 aliphatic heterocycles. The van der Waals surface area contributed by atoms with Gasteiger partial charge in [-0.25, -0.2) is 0 Å². The Morgan fingerprint density at radius 1 is 2.00 bits per heavy atom. The van der Waals surface area contributed by atoms with Crippen LogP contribution < -0.4 is 0 Å². The van der Waals surface area contributed by atoms with Gasteiger partial charge in [0, 0.05) is 11.5 Å². The van der Waals surface area contributed by atoms with E-state index < -0.39 is 0 Å². The van der Waals surface area contributed by atoms with Gasteiger partial charge in [0.2, 0.25) is 0 Å². The van der Waals surface area contributed by atoms with E-state index in [1.807, 2.05) is 0 Å². The first-order chi connectivity index (χ1) is 2.77. The summed E-state index contributed by atoms with van der Waals surface area (Å²) in [6.07, 6.45) is 5.31. The summed E-state index contributed by atoms with van der Waals surface area (Å²) in [4.78, 5) is 0. The van der Waals surface area contributed by atoms with E-state index in [9.17, 15) is 0 Å². The maximum absolute atomic E-state index is 5.24. The third-order valence-corrected chi connectivity index (χ3v) is 0.428. The van der Waals surface area contributed by atoms with E-state index in [1.165, 1.54) is 0 Å². The van der Waals surface area contributed by atoms with Crippen LogP contribution in [0.2, 0.25) is 0 Å². The molecule has 0 atom stereocenters. The van der Waals surface area contributed by atoms with Crippen LogP contribution in [0.3, 0.4) is 0 Å². The number of allylic oxidation sites excluding steroid dienone is 1. The summed E-state index contributed by atoms with van der Waals surface area (Å²) in [7, 11) is 0. The van der Waals surface area contributed by atoms with Crippen molar-refractivity contribution in [2.75, 3.05) is 0 Å². The van der Waals surface area contributed by atoms with E-state index in [2.05, 4.69) is 12.5 Å². The van der Waals surface area contributed by atoms with Gasteiger partial charge in [0.05, 0.1) is 0 Å². The van der Waals surface area contributed by atoms with Crippen molar-refractivity contribution in [1.82, 2.24) is 0 Å². The second-order valence-corrected chi connectivity index (χ2v) is 1.43. The summed E-state index contributed by atoms with van der Waals surface area (Å²) in [5.41, 5.74) is 0. The molecule has 6 heavy (non-hydrogen) atoms. The topological polar surface area (TPSA) is 0 Å². The van der Waals surface area contributed by atoms with Crippen LogP contribution in [0.1, 0.15) is 6.42 Å². The average molecular weight is 101 g/mol. The molecule has 1 heteroatoms. The molecule has 0 aliphatic rings. The Kier molecular flexibility index (Phi) is 2.62. The van der Waals surface area contributed by atoms with Gasteiger partial charge in [0.1, 0.15) is 0 Å². The quantitative estimate of drug-likeness (QED) is 0.441. The van der Waals surface area contributed by atoms with Gasteiger partial charge in [0.25, 0.3) is 0 Å². The zero-order valence-electron chi connectivity index (χ0n) is 3.37. The molecule has 0 saturated carbocycles. The largest absolute Gasteiger partial charge is 0.120 e. The van der Waals surface area contributed by atoms with Gasteiger partial charge < -0.3 is 0 Å². The molecule has 0 saturated heterocycles. The van der Waals surface area contributed by atoms with Gasteiger partial charge in [0.15, 0.2) is 0 Å². The molecule has 0 aromatic carbocycles. The predicted molar refractivity (Wildman–Crippen MR) is 28.4 cm³/mol. The molecule has 0 amide bonds. The average Bonchev–Trinajstić information content (AvgIpc) is 1.35. The van der Waals surface area contributed by atoms with Crippen LogP contribution >= 0.6 is 11.6 Å². The van der Waals surface area contributed by atoms with Crippen molar-refractivity contribution in [2.45, 2.75) is 6.42 Å². The molecule has 0 bridgehead atoms. The Hall–Kier alpha value is -0.410. The van der Waals surface area contributed by atoms with Crippen LogP contribution in [-0.4, -0.2) is 0 Å². The molecule has 0 spiro atoms. The van der Waals surface area contributed by atoms with Crippen molar-refractivity contribution < 1.29 is 0 Å². The fourth-order valence-electron chi connectivity index (χ4n) is 0.111. The van der Waals surface area contributed by atoms with Crippen LogP contribution in [0, 0.1) is 12.3 Å². The molecule has 32 valence electrons. The third-order valence-electron chi connectivity index (χ3n) is 0.294. The van der Waals surface area contributed by atoms with Crippen LogP contribution in [-0.2, 0) is 0 Å². The molecular weight excluding hydrogens is 95.5 g/mol. The number of hydrogen-bond acceptors (Lipinski definition) is 0. The molecule has 0 unspecified atom stereocenters. The highest BCUT2D eigenvalue weighted by atomic mass is 35.5. The monoisotopic (exact) mass is 100 g/mol. The molecule has 0 aromatic rings. The first-order valence-corrected chi connectivity index (χ1v) is 1.92. The standard InChI is InChI=1S/C5H5Cl/c1-3-4-5(2)6/h1H,2,4H2. The van der Waals surface area contributed by atoms with E-state index >= 15 is 0 Å². The van der Waals surface area contributed by atoms with Gasteiger partial charge in [-0.15, -0.1) is 12.3 Å². The minimum Gasteiger partial charge on any atom is -0.120 e. The van der Waals surface area contributed by atoms with E-state index in [1.54, 1.807) is 0 Å². The summed E-state index contributed by atoms with van der Waals surface area (Å²) in [5.74, 6) is 2.34. The number of hydrogen-bond donors (Lipinski definition) is 0. The molecular formula is C5H5Cl. The van der Waals surface area contributed by atoms with Crippen molar-refractivity contribution in [3.63, 3.8) is 0 Å². The molecule has 0 fully saturated rings. The summed E-state index contributed by atoms with van der Waals surface area (Å²) in [5, 5.41) is 0.525. The smallest absolute Gasteiger partial charge is 0.0439 e. The van der Waals surface area contributed by atoms with Gasteiger partial charge >= 0.3 is 0 Å². The van der Waals surface area contributed by atoms with Gasteiger partial charge in [-0.2, -0.15) is 0 Å². The van der Waals surface area contributed by atoms with Gasteiger partial charge in [-0.1, -0.05) is 18.2 Å². The van der Waals surface area contributed by atoms with E-state index in [0.29, 0.717) is 11.5 Å². The SMILES string of the molecule is C#CCC(=C)Cl. The van der Waals surface area contributed by atoms with E-state index in [-0.39, 0.29) is 0 Å². The Morgan fingerprint density at radius 3 is 2.50 bits per heavy atom. The lowest BCUT2D eigenvalue weighted by Gasteiger charge is -1.76. The Morgan fingerprint density at radius 2 is 2.50 bits per heavy atom. The summed E-state index contributed by atoms with van der Waals surface area (Å²) >= 11 is 5.24. The summed E-state index contributed by atoms with van der Waals surface area (Å²) in [6.45, 7) is 3.37. The highest BCUT2D eigenvalue weighted by Gasteiger charge is 1.75. The number of terminal acetylenes is 1. The predicted octanol–water partition coefficient (Wildman–Crippen LogP) is 1.76. The van der Waals surface area contributed by atoms with Gasteiger partial charge in [-0.05, 0) is 0 Å². The lowest BCUT2D eigenvalue weighted by molar-refractivity contribution is 1.45. The highest BCUT2D eigenvalue weighted by molar-refractivity contribution is 6.29. The molecule has 0 heterocycles. The van der Waals surface area contributed by atoms with Crippen molar-refractivity contribution in [1.29, 1.82) is 0 Å². The van der Waals surface area contributed by atoms with Crippen molar-refractivity contribution in [3.8, 4) is 12.3 Å². The molecule has 0 radical (unpaired) electrons. The number of halogens is 1. The first-order valence-electron chi connectivity index (χ1n) is 1.54. The number of rotatable bonds is 1. The van der Waals surface area contributed by atoms with Gasteiger partial charge in [-0.3, -0.25) is 0 Å². The second kappa shape index (κ2) is 2.81. The Balaban J connectivity index is 3.13. The lowest BCUT2D eigenvalue weighted by atomic mass is 10.4. The van der Waals surface area contributed by atoms with Crippen LogP contribution in [0.5, 0.6) is 0 Å². The maximum atomic E-state index is 5.24. The molecule has 0 aliphatic carbocycles. The minimum absolute atomic E-state index is 0.474. The molecule has 0 aromatic heterocycles. The Bertz CT molecular complexity index is 86.6. The maximum Gasteiger partial charge on any atom is 0.0439 e. The second-order valence-electron chi connectivity index (χ2n) is 0.898. The summed E-state index contributed by atoms with van der Waals surface area (Å²) < 4.78 is 0. The van der Waals surface area contributed by atoms with Crippen molar-refractivity contribution in [3.05, 3.63) is 11.6 Å². The normalized spacial score (nSPS) is 6.67. The van der Waals surface area contributed by atoms with E-state index in [0.717, 1.165) is 0 Å². The summed E-state index contributed by atoms with van der Waals surface area (Å²) in [6, 6.07) is 0. The Labute approximate surface area is 42.8 Å². The third kappa shape index (κ3) is 3.59. The zero-order valence-corrected chi connectivity index (χ0v) is 4.13. The first kappa shape index (κ1) is 5.59. The highest BCUT2D eigenvalue weighted by Crippen LogP contribution is 1.98. The van der Waals surface area contributed by atoms with Crippen molar-refractivity contribution in [2.24, 2.45) is 0 Å². The fourth-order valence-corrected chi connectivity index (χ4v) is 0.188. The molecule has 0 rings (SSSR count). The lowest BCUT2D eigenvalue weighted by Crippen LogP contribution is -1.58. The zero-order chi connectivity index (χ0) is 4.99. The minimum atomic E-state index is 0.474. The molecule has 0 nitrogen and oxygen atoms in total. The van der Waals surface area contributed by atoms with Crippen molar-refractivity contribution >= 4 is 11.6 Å². The molecule has 0 N–H and O–H groups in total. The van der Waals surface area contributed by atoms with Crippen LogP contribution in [0.4, 0.5) is 0 Å². The van der Waals surface area contributed by atoms with E-state index in [4.69, 9.17) is 18.0 Å². The van der Waals surface area contributed by atoms with Crippen LogP contribution in [0.15, 0.2) is 11.6 Å². The van der Waals surface area contributed by atoms with Crippen LogP contribution in [0.25, 0.3) is 0 Å².